The summed E-state index contributed by atoms with van der Waals surface area (Å²) in [4.78, 5) is 8.87. The number of aromatic nitrogens is 2. The van der Waals surface area contributed by atoms with Crippen LogP contribution < -0.4 is 0 Å². The minimum atomic E-state index is 0.152. The van der Waals surface area contributed by atoms with Gasteiger partial charge in [0.05, 0.1) is 5.69 Å². The van der Waals surface area contributed by atoms with Gasteiger partial charge in [-0.1, -0.05) is 38.1 Å². The second-order valence-corrected chi connectivity index (χ2v) is 4.59. The molecule has 2 aromatic rings. The van der Waals surface area contributed by atoms with Crippen molar-refractivity contribution in [2.75, 3.05) is 6.61 Å². The molecule has 18 heavy (non-hydrogen) atoms. The lowest BCUT2D eigenvalue weighted by atomic mass is 10.0. The van der Waals surface area contributed by atoms with E-state index in [0.29, 0.717) is 12.3 Å². The summed E-state index contributed by atoms with van der Waals surface area (Å²) in [5.74, 6) is 1.17. The van der Waals surface area contributed by atoms with Crippen molar-refractivity contribution in [1.82, 2.24) is 9.97 Å². The van der Waals surface area contributed by atoms with Crippen molar-refractivity contribution >= 4 is 0 Å². The number of aliphatic hydroxyl groups excluding tert-OH is 1. The van der Waals surface area contributed by atoms with E-state index in [1.165, 1.54) is 0 Å². The SMILES string of the molecule is CC(C)c1nccc(-c2ccccc2CCO)n1. The van der Waals surface area contributed by atoms with Crippen molar-refractivity contribution in [3.63, 3.8) is 0 Å². The van der Waals surface area contributed by atoms with Crippen LogP contribution >= 0.6 is 0 Å². The summed E-state index contributed by atoms with van der Waals surface area (Å²) in [5, 5.41) is 9.10. The third kappa shape index (κ3) is 2.74. The molecule has 0 spiro atoms. The van der Waals surface area contributed by atoms with E-state index in [4.69, 9.17) is 5.11 Å². The summed E-state index contributed by atoms with van der Waals surface area (Å²) in [5.41, 5.74) is 3.13. The van der Waals surface area contributed by atoms with Crippen molar-refractivity contribution in [3.8, 4) is 11.3 Å². The zero-order chi connectivity index (χ0) is 13.0. The van der Waals surface area contributed by atoms with Gasteiger partial charge >= 0.3 is 0 Å². The van der Waals surface area contributed by atoms with Gasteiger partial charge in [-0.25, -0.2) is 9.97 Å². The molecule has 0 fully saturated rings. The summed E-state index contributed by atoms with van der Waals surface area (Å²) >= 11 is 0. The molecule has 1 aromatic carbocycles. The van der Waals surface area contributed by atoms with Crippen LogP contribution in [0.1, 0.15) is 31.2 Å². The first-order valence-corrected chi connectivity index (χ1v) is 6.24. The average molecular weight is 242 g/mol. The lowest BCUT2D eigenvalue weighted by Crippen LogP contribution is -2.00. The molecule has 1 N–H and O–H groups in total. The Balaban J connectivity index is 2.45. The van der Waals surface area contributed by atoms with Crippen LogP contribution in [0, 0.1) is 0 Å². The largest absolute Gasteiger partial charge is 0.396 e. The number of rotatable bonds is 4. The maximum absolute atomic E-state index is 9.10. The Labute approximate surface area is 108 Å². The Kier molecular flexibility index (Phi) is 4.05. The van der Waals surface area contributed by atoms with E-state index in [1.807, 2.05) is 30.3 Å². The van der Waals surface area contributed by atoms with E-state index >= 15 is 0 Å². The molecule has 0 radical (unpaired) electrons. The van der Waals surface area contributed by atoms with Gasteiger partial charge in [0.2, 0.25) is 0 Å². The van der Waals surface area contributed by atoms with Crippen LogP contribution in [0.2, 0.25) is 0 Å². The third-order valence-corrected chi connectivity index (χ3v) is 2.87. The third-order valence-electron chi connectivity index (χ3n) is 2.87. The van der Waals surface area contributed by atoms with Crippen LogP contribution in [0.15, 0.2) is 36.5 Å². The second-order valence-electron chi connectivity index (χ2n) is 4.59. The first-order valence-electron chi connectivity index (χ1n) is 6.24. The number of benzene rings is 1. The fourth-order valence-corrected chi connectivity index (χ4v) is 1.91. The van der Waals surface area contributed by atoms with Gasteiger partial charge in [-0.15, -0.1) is 0 Å². The minimum absolute atomic E-state index is 0.152. The number of hydrogen-bond donors (Lipinski definition) is 1. The molecular formula is C15H18N2O. The molecule has 3 heteroatoms. The van der Waals surface area contributed by atoms with Crippen LogP contribution in [0.4, 0.5) is 0 Å². The molecule has 0 bridgehead atoms. The van der Waals surface area contributed by atoms with Crippen LogP contribution in [0.3, 0.4) is 0 Å². The zero-order valence-electron chi connectivity index (χ0n) is 10.8. The van der Waals surface area contributed by atoms with Crippen molar-refractivity contribution < 1.29 is 5.11 Å². The molecule has 3 nitrogen and oxygen atoms in total. The van der Waals surface area contributed by atoms with Gasteiger partial charge in [-0.3, -0.25) is 0 Å². The van der Waals surface area contributed by atoms with Gasteiger partial charge in [0.1, 0.15) is 5.82 Å². The number of aliphatic hydroxyl groups is 1. The average Bonchev–Trinajstić information content (AvgIpc) is 2.40. The number of hydrogen-bond acceptors (Lipinski definition) is 3. The van der Waals surface area contributed by atoms with Crippen molar-refractivity contribution in [3.05, 3.63) is 47.9 Å². The summed E-state index contributed by atoms with van der Waals surface area (Å²) < 4.78 is 0. The van der Waals surface area contributed by atoms with Gasteiger partial charge in [0.15, 0.2) is 0 Å². The lowest BCUT2D eigenvalue weighted by molar-refractivity contribution is 0.300. The van der Waals surface area contributed by atoms with Gasteiger partial charge in [-0.05, 0) is 18.1 Å². The fourth-order valence-electron chi connectivity index (χ4n) is 1.91. The highest BCUT2D eigenvalue weighted by Crippen LogP contribution is 2.23. The van der Waals surface area contributed by atoms with E-state index in [9.17, 15) is 0 Å². The molecule has 0 unspecified atom stereocenters. The minimum Gasteiger partial charge on any atom is -0.396 e. The summed E-state index contributed by atoms with van der Waals surface area (Å²) in [7, 11) is 0. The van der Waals surface area contributed by atoms with Gasteiger partial charge in [0.25, 0.3) is 0 Å². The fraction of sp³-hybridized carbons (Fsp3) is 0.333. The normalized spacial score (nSPS) is 10.9. The standard InChI is InChI=1S/C15H18N2O/c1-11(2)15-16-9-7-14(17-15)13-6-4-3-5-12(13)8-10-18/h3-7,9,11,18H,8,10H2,1-2H3. The van der Waals surface area contributed by atoms with E-state index in [2.05, 4.69) is 23.8 Å². The molecule has 0 aliphatic rings. The molecule has 0 saturated carbocycles. The first kappa shape index (κ1) is 12.7. The molecule has 1 heterocycles. The highest BCUT2D eigenvalue weighted by Gasteiger charge is 2.08. The molecule has 2 rings (SSSR count). The van der Waals surface area contributed by atoms with E-state index in [1.54, 1.807) is 6.20 Å². The van der Waals surface area contributed by atoms with Crippen LogP contribution in [0.25, 0.3) is 11.3 Å². The van der Waals surface area contributed by atoms with Gasteiger partial charge < -0.3 is 5.11 Å². The Morgan fingerprint density at radius 2 is 1.94 bits per heavy atom. The molecule has 0 aliphatic heterocycles. The Hall–Kier alpha value is -1.74. The van der Waals surface area contributed by atoms with Gasteiger partial charge in [-0.2, -0.15) is 0 Å². The molecule has 1 aromatic heterocycles. The molecule has 94 valence electrons. The summed E-state index contributed by atoms with van der Waals surface area (Å²) in [6, 6.07) is 9.97. The molecule has 0 saturated heterocycles. The monoisotopic (exact) mass is 242 g/mol. The maximum atomic E-state index is 9.10. The van der Waals surface area contributed by atoms with Crippen molar-refractivity contribution in [2.24, 2.45) is 0 Å². The Morgan fingerprint density at radius 3 is 2.67 bits per heavy atom. The van der Waals surface area contributed by atoms with E-state index in [-0.39, 0.29) is 6.61 Å². The molecule has 0 amide bonds. The van der Waals surface area contributed by atoms with Crippen molar-refractivity contribution in [1.29, 1.82) is 0 Å². The smallest absolute Gasteiger partial charge is 0.131 e. The van der Waals surface area contributed by atoms with Gasteiger partial charge in [0, 0.05) is 24.3 Å². The second kappa shape index (κ2) is 5.74. The molecule has 0 atom stereocenters. The predicted molar refractivity (Wildman–Crippen MR) is 72.3 cm³/mol. The van der Waals surface area contributed by atoms with Crippen molar-refractivity contribution in [2.45, 2.75) is 26.2 Å². The predicted octanol–water partition coefficient (Wildman–Crippen LogP) is 2.80. The molecular weight excluding hydrogens is 224 g/mol. The van der Waals surface area contributed by atoms with Crippen LogP contribution in [0.5, 0.6) is 0 Å². The van der Waals surface area contributed by atoms with Crippen LogP contribution in [-0.4, -0.2) is 21.7 Å². The highest BCUT2D eigenvalue weighted by molar-refractivity contribution is 5.63. The summed E-state index contributed by atoms with van der Waals surface area (Å²) in [6.07, 6.45) is 2.45. The Morgan fingerprint density at radius 1 is 1.17 bits per heavy atom. The number of nitrogens with zero attached hydrogens (tertiary/aromatic N) is 2. The quantitative estimate of drug-likeness (QED) is 0.896. The highest BCUT2D eigenvalue weighted by atomic mass is 16.2. The molecule has 0 aliphatic carbocycles. The topological polar surface area (TPSA) is 46.0 Å². The van der Waals surface area contributed by atoms with Crippen LogP contribution in [-0.2, 0) is 6.42 Å². The zero-order valence-corrected chi connectivity index (χ0v) is 10.8. The summed E-state index contributed by atoms with van der Waals surface area (Å²) in [6.45, 7) is 4.32. The first-order chi connectivity index (χ1) is 8.72. The van der Waals surface area contributed by atoms with E-state index < -0.39 is 0 Å². The maximum Gasteiger partial charge on any atom is 0.131 e. The lowest BCUT2D eigenvalue weighted by Gasteiger charge is -2.10. The van der Waals surface area contributed by atoms with E-state index in [0.717, 1.165) is 22.6 Å². The Bertz CT molecular complexity index is 523.